The maximum Gasteiger partial charge on any atom is 0.162 e. The second-order valence-corrected chi connectivity index (χ2v) is 5.76. The molecule has 0 radical (unpaired) electrons. The standard InChI is InChI=1S/C15H24O3/c16-13-9-11-15(18)10-7-5-3-1-2-4-6-8-12(13)14(15)17/h17-18H,1-11H2. The molecule has 0 spiro atoms. The van der Waals surface area contributed by atoms with E-state index in [-0.39, 0.29) is 11.5 Å². The normalized spacial score (nSPS) is 31.7. The fourth-order valence-electron chi connectivity index (χ4n) is 3.11. The van der Waals surface area contributed by atoms with Gasteiger partial charge in [0.15, 0.2) is 5.78 Å². The fraction of sp³-hybridized carbons (Fsp3) is 0.800. The van der Waals surface area contributed by atoms with Crippen molar-refractivity contribution < 1.29 is 15.0 Å². The summed E-state index contributed by atoms with van der Waals surface area (Å²) < 4.78 is 0. The minimum Gasteiger partial charge on any atom is -0.509 e. The Hall–Kier alpha value is -0.830. The molecule has 18 heavy (non-hydrogen) atoms. The third-order valence-electron chi connectivity index (χ3n) is 4.35. The second-order valence-electron chi connectivity index (χ2n) is 5.76. The van der Waals surface area contributed by atoms with Gasteiger partial charge in [-0.1, -0.05) is 38.5 Å². The van der Waals surface area contributed by atoms with Crippen molar-refractivity contribution in [2.24, 2.45) is 0 Å². The molecule has 2 bridgehead atoms. The van der Waals surface area contributed by atoms with E-state index in [1.807, 2.05) is 0 Å². The van der Waals surface area contributed by atoms with Gasteiger partial charge in [-0.2, -0.15) is 0 Å². The van der Waals surface area contributed by atoms with Gasteiger partial charge in [-0.15, -0.1) is 0 Å². The van der Waals surface area contributed by atoms with Gasteiger partial charge in [0.2, 0.25) is 0 Å². The number of carbonyl (C=O) groups excluding carboxylic acids is 1. The smallest absolute Gasteiger partial charge is 0.162 e. The lowest BCUT2D eigenvalue weighted by Gasteiger charge is -2.33. The van der Waals surface area contributed by atoms with Gasteiger partial charge in [-0.05, 0) is 25.7 Å². The van der Waals surface area contributed by atoms with Crippen LogP contribution in [0.3, 0.4) is 0 Å². The second kappa shape index (κ2) is 5.87. The molecule has 1 unspecified atom stereocenters. The lowest BCUT2D eigenvalue weighted by Crippen LogP contribution is -2.37. The molecule has 2 rings (SSSR count). The first kappa shape index (κ1) is 13.6. The van der Waals surface area contributed by atoms with Crippen LogP contribution in [-0.4, -0.2) is 21.6 Å². The van der Waals surface area contributed by atoms with Crippen molar-refractivity contribution in [1.29, 1.82) is 0 Å². The largest absolute Gasteiger partial charge is 0.509 e. The van der Waals surface area contributed by atoms with Crippen LogP contribution in [0.4, 0.5) is 0 Å². The number of aliphatic hydroxyl groups excluding tert-OH is 1. The average Bonchev–Trinajstić information content (AvgIpc) is 2.35. The lowest BCUT2D eigenvalue weighted by molar-refractivity contribution is -0.119. The van der Waals surface area contributed by atoms with Crippen molar-refractivity contribution in [3.63, 3.8) is 0 Å². The molecule has 0 aliphatic heterocycles. The molecule has 2 aliphatic carbocycles. The molecule has 102 valence electrons. The molecule has 3 nitrogen and oxygen atoms in total. The summed E-state index contributed by atoms with van der Waals surface area (Å²) >= 11 is 0. The van der Waals surface area contributed by atoms with E-state index in [4.69, 9.17) is 0 Å². The zero-order valence-corrected chi connectivity index (χ0v) is 11.1. The van der Waals surface area contributed by atoms with Crippen LogP contribution in [0.15, 0.2) is 11.3 Å². The van der Waals surface area contributed by atoms with E-state index < -0.39 is 5.60 Å². The lowest BCUT2D eigenvalue weighted by atomic mass is 9.79. The molecular formula is C15H24O3. The van der Waals surface area contributed by atoms with Gasteiger partial charge >= 0.3 is 0 Å². The molecule has 0 fully saturated rings. The number of hydrogen-bond acceptors (Lipinski definition) is 3. The number of Topliss-reactive ketones (excluding diaryl/α,β-unsaturated/α-hetero) is 1. The van der Waals surface area contributed by atoms with E-state index in [0.29, 0.717) is 31.3 Å². The van der Waals surface area contributed by atoms with Crippen LogP contribution in [0.25, 0.3) is 0 Å². The van der Waals surface area contributed by atoms with Gasteiger partial charge in [0, 0.05) is 12.0 Å². The third-order valence-corrected chi connectivity index (χ3v) is 4.35. The zero-order chi connectivity index (χ0) is 13.0. The Labute approximate surface area is 109 Å². The highest BCUT2D eigenvalue weighted by Gasteiger charge is 2.39. The van der Waals surface area contributed by atoms with Crippen molar-refractivity contribution in [2.45, 2.75) is 76.2 Å². The molecule has 0 aromatic rings. The van der Waals surface area contributed by atoms with Crippen molar-refractivity contribution in [3.05, 3.63) is 11.3 Å². The van der Waals surface area contributed by atoms with Gasteiger partial charge in [0.25, 0.3) is 0 Å². The highest BCUT2D eigenvalue weighted by molar-refractivity contribution is 5.97. The summed E-state index contributed by atoms with van der Waals surface area (Å²) in [6.07, 6.45) is 9.78. The van der Waals surface area contributed by atoms with E-state index in [9.17, 15) is 15.0 Å². The molecule has 3 heteroatoms. The molecule has 0 amide bonds. The maximum atomic E-state index is 11.8. The summed E-state index contributed by atoms with van der Waals surface area (Å²) in [4.78, 5) is 11.8. The van der Waals surface area contributed by atoms with Gasteiger partial charge in [-0.25, -0.2) is 0 Å². The molecule has 2 aliphatic rings. The van der Waals surface area contributed by atoms with Gasteiger partial charge in [0.1, 0.15) is 11.4 Å². The first-order chi connectivity index (χ1) is 8.63. The van der Waals surface area contributed by atoms with Gasteiger partial charge < -0.3 is 10.2 Å². The molecule has 0 aromatic heterocycles. The minimum atomic E-state index is -1.12. The Balaban J connectivity index is 2.19. The number of carbonyl (C=O) groups is 1. The Morgan fingerprint density at radius 2 is 1.44 bits per heavy atom. The van der Waals surface area contributed by atoms with E-state index in [1.54, 1.807) is 0 Å². The molecule has 0 heterocycles. The number of allylic oxidation sites excluding steroid dienone is 1. The summed E-state index contributed by atoms with van der Waals surface area (Å²) in [5.41, 5.74) is -0.619. The first-order valence-corrected chi connectivity index (χ1v) is 7.32. The van der Waals surface area contributed by atoms with Crippen LogP contribution in [0, 0.1) is 0 Å². The molecular weight excluding hydrogens is 228 g/mol. The first-order valence-electron chi connectivity index (χ1n) is 7.32. The maximum absolute atomic E-state index is 11.8. The summed E-state index contributed by atoms with van der Waals surface area (Å²) in [6, 6.07) is 0. The number of ketones is 1. The number of aliphatic hydroxyl groups is 2. The predicted octanol–water partition coefficient (Wildman–Crippen LogP) is 3.42. The molecule has 0 saturated heterocycles. The Morgan fingerprint density at radius 1 is 0.833 bits per heavy atom. The molecule has 0 aromatic carbocycles. The van der Waals surface area contributed by atoms with Crippen LogP contribution >= 0.6 is 0 Å². The third kappa shape index (κ3) is 2.94. The van der Waals surface area contributed by atoms with E-state index in [0.717, 1.165) is 25.7 Å². The fourth-order valence-corrected chi connectivity index (χ4v) is 3.11. The number of rotatable bonds is 0. The van der Waals surface area contributed by atoms with Crippen molar-refractivity contribution >= 4 is 5.78 Å². The molecule has 0 saturated carbocycles. The van der Waals surface area contributed by atoms with E-state index in [1.165, 1.54) is 19.3 Å². The average molecular weight is 252 g/mol. The predicted molar refractivity (Wildman–Crippen MR) is 70.4 cm³/mol. The van der Waals surface area contributed by atoms with Gasteiger partial charge in [0.05, 0.1) is 0 Å². The highest BCUT2D eigenvalue weighted by Crippen LogP contribution is 2.36. The Bertz CT molecular complexity index is 346. The van der Waals surface area contributed by atoms with Gasteiger partial charge in [-0.3, -0.25) is 4.79 Å². The SMILES string of the molecule is O=C1CCC2(O)CCCCCCCCCC1=C2O. The van der Waals surface area contributed by atoms with E-state index >= 15 is 0 Å². The van der Waals surface area contributed by atoms with Crippen molar-refractivity contribution in [1.82, 2.24) is 0 Å². The number of fused-ring (bicyclic) bond motifs is 1. The van der Waals surface area contributed by atoms with Crippen LogP contribution in [0.1, 0.15) is 70.6 Å². The number of hydrogen-bond donors (Lipinski definition) is 2. The Morgan fingerprint density at radius 3 is 2.17 bits per heavy atom. The highest BCUT2D eigenvalue weighted by atomic mass is 16.3. The Kier molecular flexibility index (Phi) is 4.44. The van der Waals surface area contributed by atoms with Crippen LogP contribution in [0.2, 0.25) is 0 Å². The summed E-state index contributed by atoms with van der Waals surface area (Å²) in [5, 5.41) is 20.7. The minimum absolute atomic E-state index is 0.0145. The van der Waals surface area contributed by atoms with Crippen molar-refractivity contribution in [2.75, 3.05) is 0 Å². The molecule has 1 atom stereocenters. The van der Waals surface area contributed by atoms with Crippen molar-refractivity contribution in [3.8, 4) is 0 Å². The van der Waals surface area contributed by atoms with Crippen LogP contribution in [0.5, 0.6) is 0 Å². The monoisotopic (exact) mass is 252 g/mol. The summed E-state index contributed by atoms with van der Waals surface area (Å²) in [7, 11) is 0. The molecule has 2 N–H and O–H groups in total. The summed E-state index contributed by atoms with van der Waals surface area (Å²) in [5.74, 6) is 0.0218. The van der Waals surface area contributed by atoms with Crippen LogP contribution in [-0.2, 0) is 4.79 Å². The summed E-state index contributed by atoms with van der Waals surface area (Å²) in [6.45, 7) is 0. The zero-order valence-electron chi connectivity index (χ0n) is 11.1. The van der Waals surface area contributed by atoms with Crippen LogP contribution < -0.4 is 0 Å². The topological polar surface area (TPSA) is 57.5 Å². The quantitative estimate of drug-likeness (QED) is 0.694. The van der Waals surface area contributed by atoms with E-state index in [2.05, 4.69) is 0 Å².